The number of nitrogens with zero attached hydrogens (tertiary/aromatic N) is 1. The van der Waals surface area contributed by atoms with Crippen LogP contribution in [0.15, 0.2) is 4.99 Å². The van der Waals surface area contributed by atoms with Gasteiger partial charge in [0, 0.05) is 6.54 Å². The van der Waals surface area contributed by atoms with Crippen LogP contribution >= 0.6 is 0 Å². The average Bonchev–Trinajstić information content (AvgIpc) is 2.02. The van der Waals surface area contributed by atoms with Gasteiger partial charge in [-0.3, -0.25) is 4.79 Å². The summed E-state index contributed by atoms with van der Waals surface area (Å²) in [6, 6.07) is 0. The Morgan fingerprint density at radius 1 is 1.69 bits per heavy atom. The number of carbonyl (C=O) groups is 1. The SMILES string of the molecule is C=NC(=O)C(N)(CNC)CC(C)C. The predicted octanol–water partition coefficient (Wildman–Crippen LogP) is 0.177. The highest BCUT2D eigenvalue weighted by molar-refractivity contribution is 5.89. The molecule has 0 radical (unpaired) electrons. The first-order valence-electron chi connectivity index (χ1n) is 4.41. The monoisotopic (exact) mass is 185 g/mol. The minimum atomic E-state index is -0.898. The number of rotatable bonds is 5. The van der Waals surface area contributed by atoms with Gasteiger partial charge >= 0.3 is 0 Å². The largest absolute Gasteiger partial charge is 0.317 e. The van der Waals surface area contributed by atoms with Crippen molar-refractivity contribution in [1.82, 2.24) is 5.32 Å². The second-order valence-corrected chi connectivity index (χ2v) is 3.75. The van der Waals surface area contributed by atoms with Gasteiger partial charge in [-0.15, -0.1) is 0 Å². The molecule has 4 nitrogen and oxygen atoms in total. The Hall–Kier alpha value is -0.740. The van der Waals surface area contributed by atoms with Crippen molar-refractivity contribution in [3.63, 3.8) is 0 Å². The number of likely N-dealkylation sites (N-methyl/N-ethyl adjacent to an activating group) is 1. The smallest absolute Gasteiger partial charge is 0.266 e. The molecule has 0 aromatic rings. The van der Waals surface area contributed by atoms with E-state index in [1.54, 1.807) is 7.05 Å². The first-order valence-corrected chi connectivity index (χ1v) is 4.41. The van der Waals surface area contributed by atoms with Crippen LogP contribution in [0.4, 0.5) is 0 Å². The van der Waals surface area contributed by atoms with Crippen LogP contribution in [0.1, 0.15) is 20.3 Å². The Morgan fingerprint density at radius 3 is 2.54 bits per heavy atom. The van der Waals surface area contributed by atoms with E-state index >= 15 is 0 Å². The number of nitrogens with one attached hydrogen (secondary N) is 1. The summed E-state index contributed by atoms with van der Waals surface area (Å²) in [6.07, 6.45) is 0.617. The van der Waals surface area contributed by atoms with Crippen molar-refractivity contribution >= 4 is 12.6 Å². The summed E-state index contributed by atoms with van der Waals surface area (Å²) in [6.45, 7) is 7.69. The lowest BCUT2D eigenvalue weighted by atomic mass is 9.89. The molecule has 1 atom stereocenters. The molecule has 1 unspecified atom stereocenters. The molecule has 4 heteroatoms. The average molecular weight is 185 g/mol. The molecular formula is C9H19N3O. The van der Waals surface area contributed by atoms with Gasteiger partial charge in [-0.25, -0.2) is 4.99 Å². The lowest BCUT2D eigenvalue weighted by molar-refractivity contribution is -0.123. The van der Waals surface area contributed by atoms with Crippen LogP contribution < -0.4 is 11.1 Å². The van der Waals surface area contributed by atoms with Crippen molar-refractivity contribution in [2.45, 2.75) is 25.8 Å². The first-order chi connectivity index (χ1) is 5.96. The van der Waals surface area contributed by atoms with Crippen molar-refractivity contribution in [2.24, 2.45) is 16.6 Å². The van der Waals surface area contributed by atoms with Crippen LogP contribution in [-0.4, -0.2) is 31.8 Å². The van der Waals surface area contributed by atoms with Crippen LogP contribution in [0.2, 0.25) is 0 Å². The molecule has 76 valence electrons. The standard InChI is InChI=1S/C9H19N3O/c1-7(2)5-9(10,6-11-3)8(13)12-4/h7,11H,4-6,10H2,1-3H3. The lowest BCUT2D eigenvalue weighted by Crippen LogP contribution is -2.54. The van der Waals surface area contributed by atoms with E-state index in [2.05, 4.69) is 17.0 Å². The molecule has 0 heterocycles. The second kappa shape index (κ2) is 5.09. The van der Waals surface area contributed by atoms with E-state index in [-0.39, 0.29) is 5.91 Å². The van der Waals surface area contributed by atoms with Gasteiger partial charge in [0.25, 0.3) is 5.91 Å². The maximum Gasteiger partial charge on any atom is 0.266 e. The molecule has 0 saturated carbocycles. The molecule has 0 aromatic carbocycles. The van der Waals surface area contributed by atoms with Crippen molar-refractivity contribution in [2.75, 3.05) is 13.6 Å². The van der Waals surface area contributed by atoms with Crippen LogP contribution in [0, 0.1) is 5.92 Å². The Balaban J connectivity index is 4.50. The molecule has 0 aromatic heterocycles. The molecule has 0 rings (SSSR count). The summed E-state index contributed by atoms with van der Waals surface area (Å²) < 4.78 is 0. The summed E-state index contributed by atoms with van der Waals surface area (Å²) in [5.74, 6) is 0.0274. The van der Waals surface area contributed by atoms with Crippen molar-refractivity contribution < 1.29 is 4.79 Å². The highest BCUT2D eigenvalue weighted by Gasteiger charge is 2.33. The van der Waals surface area contributed by atoms with Gasteiger partial charge in [-0.2, -0.15) is 0 Å². The Morgan fingerprint density at radius 2 is 2.23 bits per heavy atom. The van der Waals surface area contributed by atoms with E-state index in [1.165, 1.54) is 0 Å². The number of carbonyl (C=O) groups excluding carboxylic acids is 1. The number of amides is 1. The molecule has 0 aliphatic rings. The van der Waals surface area contributed by atoms with Crippen molar-refractivity contribution in [3.05, 3.63) is 0 Å². The zero-order valence-electron chi connectivity index (χ0n) is 8.63. The number of aliphatic imine (C=N–C) groups is 1. The fraction of sp³-hybridized carbons (Fsp3) is 0.778. The number of hydrogen-bond donors (Lipinski definition) is 2. The zero-order valence-corrected chi connectivity index (χ0v) is 8.63. The van der Waals surface area contributed by atoms with Crippen molar-refractivity contribution in [1.29, 1.82) is 0 Å². The van der Waals surface area contributed by atoms with Crippen LogP contribution in [0.3, 0.4) is 0 Å². The Labute approximate surface area is 79.6 Å². The maximum absolute atomic E-state index is 11.4. The third-order valence-corrected chi connectivity index (χ3v) is 1.83. The summed E-state index contributed by atoms with van der Waals surface area (Å²) in [7, 11) is 1.76. The quantitative estimate of drug-likeness (QED) is 0.600. The van der Waals surface area contributed by atoms with Gasteiger partial charge in [0.05, 0.1) is 0 Å². The third-order valence-electron chi connectivity index (χ3n) is 1.83. The number of hydrogen-bond acceptors (Lipinski definition) is 3. The summed E-state index contributed by atoms with van der Waals surface area (Å²) in [5, 5.41) is 2.90. The first kappa shape index (κ1) is 12.3. The molecule has 0 aliphatic carbocycles. The molecule has 3 N–H and O–H groups in total. The van der Waals surface area contributed by atoms with E-state index < -0.39 is 5.54 Å². The maximum atomic E-state index is 11.4. The van der Waals surface area contributed by atoms with E-state index in [0.29, 0.717) is 18.9 Å². The lowest BCUT2D eigenvalue weighted by Gasteiger charge is -2.27. The van der Waals surface area contributed by atoms with Crippen LogP contribution in [-0.2, 0) is 4.79 Å². The fourth-order valence-electron chi connectivity index (χ4n) is 1.44. The Kier molecular flexibility index (Phi) is 4.80. The van der Waals surface area contributed by atoms with Gasteiger partial charge in [0.15, 0.2) is 0 Å². The summed E-state index contributed by atoms with van der Waals surface area (Å²) in [5.41, 5.74) is 5.02. The normalized spacial score (nSPS) is 15.5. The molecule has 1 amide bonds. The van der Waals surface area contributed by atoms with Gasteiger partial charge in [0.1, 0.15) is 5.54 Å². The summed E-state index contributed by atoms with van der Waals surface area (Å²) >= 11 is 0. The van der Waals surface area contributed by atoms with Crippen LogP contribution in [0.5, 0.6) is 0 Å². The molecule has 0 bridgehead atoms. The van der Waals surface area contributed by atoms with Crippen molar-refractivity contribution in [3.8, 4) is 0 Å². The highest BCUT2D eigenvalue weighted by atomic mass is 16.2. The van der Waals surface area contributed by atoms with Gasteiger partial charge in [-0.1, -0.05) is 13.8 Å². The molecule has 0 spiro atoms. The minimum Gasteiger partial charge on any atom is -0.317 e. The molecule has 0 saturated heterocycles. The highest BCUT2D eigenvalue weighted by Crippen LogP contribution is 2.15. The second-order valence-electron chi connectivity index (χ2n) is 3.75. The summed E-state index contributed by atoms with van der Waals surface area (Å²) in [4.78, 5) is 14.7. The Bertz CT molecular complexity index is 191. The number of nitrogens with two attached hydrogens (primary N) is 1. The molecule has 0 aliphatic heterocycles. The van der Waals surface area contributed by atoms with E-state index in [9.17, 15) is 4.79 Å². The van der Waals surface area contributed by atoms with E-state index in [0.717, 1.165) is 0 Å². The molecule has 13 heavy (non-hydrogen) atoms. The predicted molar refractivity (Wildman–Crippen MR) is 54.9 cm³/mol. The van der Waals surface area contributed by atoms with Gasteiger partial charge in [0.2, 0.25) is 0 Å². The van der Waals surface area contributed by atoms with E-state index in [4.69, 9.17) is 5.73 Å². The fourth-order valence-corrected chi connectivity index (χ4v) is 1.44. The van der Waals surface area contributed by atoms with Gasteiger partial charge < -0.3 is 11.1 Å². The zero-order chi connectivity index (χ0) is 10.5. The molecular weight excluding hydrogens is 166 g/mol. The minimum absolute atomic E-state index is 0.337. The van der Waals surface area contributed by atoms with Crippen LogP contribution in [0.25, 0.3) is 0 Å². The third kappa shape index (κ3) is 3.65. The topological polar surface area (TPSA) is 67.5 Å². The van der Waals surface area contributed by atoms with Gasteiger partial charge in [-0.05, 0) is 26.1 Å². The molecule has 0 fully saturated rings. The van der Waals surface area contributed by atoms with E-state index in [1.807, 2.05) is 13.8 Å².